The van der Waals surface area contributed by atoms with Crippen molar-refractivity contribution in [3.63, 3.8) is 0 Å². The summed E-state index contributed by atoms with van der Waals surface area (Å²) in [4.78, 5) is 14.7. The zero-order chi connectivity index (χ0) is 16.6. The van der Waals surface area contributed by atoms with Crippen molar-refractivity contribution in [1.82, 2.24) is 10.1 Å². The maximum Gasteiger partial charge on any atom is 0.276 e. The van der Waals surface area contributed by atoms with E-state index in [0.717, 1.165) is 31.2 Å². The van der Waals surface area contributed by atoms with Gasteiger partial charge in [-0.3, -0.25) is 4.79 Å². The second-order valence-corrected chi connectivity index (χ2v) is 6.88. The highest BCUT2D eigenvalue weighted by Gasteiger charge is 2.50. The van der Waals surface area contributed by atoms with Crippen molar-refractivity contribution in [2.24, 2.45) is 5.92 Å². The van der Waals surface area contributed by atoms with Gasteiger partial charge >= 0.3 is 0 Å². The molecule has 2 heterocycles. The average molecular weight is 326 g/mol. The molecule has 1 aromatic carbocycles. The Labute approximate surface area is 141 Å². The summed E-state index contributed by atoms with van der Waals surface area (Å²) in [5.41, 5.74) is 0.465. The average Bonchev–Trinajstić information content (AvgIpc) is 3.17. The Morgan fingerprint density at radius 3 is 2.75 bits per heavy atom. The van der Waals surface area contributed by atoms with Gasteiger partial charge in [0.2, 0.25) is 0 Å². The van der Waals surface area contributed by atoms with Gasteiger partial charge in [-0.1, -0.05) is 48.3 Å². The molecule has 5 heteroatoms. The molecule has 24 heavy (non-hydrogen) atoms. The fourth-order valence-electron chi connectivity index (χ4n) is 4.49. The van der Waals surface area contributed by atoms with Crippen molar-refractivity contribution < 1.29 is 14.4 Å². The number of benzene rings is 1. The number of carbonyl (C=O) groups excluding carboxylic acids is 1. The Morgan fingerprint density at radius 2 is 2.00 bits per heavy atom. The van der Waals surface area contributed by atoms with Crippen LogP contribution in [0.1, 0.15) is 48.2 Å². The summed E-state index contributed by atoms with van der Waals surface area (Å²) in [7, 11) is 0. The number of rotatable bonds is 2. The van der Waals surface area contributed by atoms with Crippen molar-refractivity contribution >= 4 is 5.91 Å². The molecule has 0 spiro atoms. The Hall–Kier alpha value is -2.14. The van der Waals surface area contributed by atoms with E-state index in [4.69, 9.17) is 4.52 Å². The van der Waals surface area contributed by atoms with Crippen molar-refractivity contribution in [1.29, 1.82) is 0 Å². The number of aromatic nitrogens is 1. The van der Waals surface area contributed by atoms with Crippen LogP contribution in [0.5, 0.6) is 0 Å². The zero-order valence-corrected chi connectivity index (χ0v) is 13.6. The molecular formula is C19H22N2O3. The van der Waals surface area contributed by atoms with E-state index >= 15 is 0 Å². The molecule has 126 valence electrons. The highest BCUT2D eigenvalue weighted by Crippen LogP contribution is 2.47. The number of hydrogen-bond donors (Lipinski definition) is 1. The zero-order valence-electron chi connectivity index (χ0n) is 13.6. The molecule has 5 nitrogen and oxygen atoms in total. The second kappa shape index (κ2) is 6.06. The smallest absolute Gasteiger partial charge is 0.276 e. The Kier molecular flexibility index (Phi) is 3.88. The lowest BCUT2D eigenvalue weighted by molar-refractivity contribution is -0.110. The predicted molar refractivity (Wildman–Crippen MR) is 88.2 cm³/mol. The minimum absolute atomic E-state index is 0.0573. The number of fused-ring (bicyclic) bond motifs is 1. The van der Waals surface area contributed by atoms with Crippen LogP contribution >= 0.6 is 0 Å². The second-order valence-electron chi connectivity index (χ2n) is 6.88. The molecule has 0 unspecified atom stereocenters. The third-order valence-corrected chi connectivity index (χ3v) is 5.67. The predicted octanol–water partition coefficient (Wildman–Crippen LogP) is 2.97. The van der Waals surface area contributed by atoms with Gasteiger partial charge in [0.15, 0.2) is 5.69 Å². The Balaban J connectivity index is 1.66. The maximum atomic E-state index is 12.8. The van der Waals surface area contributed by atoms with Gasteiger partial charge in [-0.25, -0.2) is 0 Å². The molecule has 2 aromatic rings. The molecule has 2 fully saturated rings. The van der Waals surface area contributed by atoms with Gasteiger partial charge in [-0.05, 0) is 24.8 Å². The highest BCUT2D eigenvalue weighted by atomic mass is 16.5. The van der Waals surface area contributed by atoms with Gasteiger partial charge in [0, 0.05) is 24.6 Å². The van der Waals surface area contributed by atoms with E-state index in [1.165, 1.54) is 6.26 Å². The van der Waals surface area contributed by atoms with Crippen LogP contribution in [0.15, 0.2) is 47.2 Å². The molecule has 1 aliphatic heterocycles. The standard InChI is InChI=1S/C19H22N2O3/c22-18(16-10-13-24-20-16)21-12-11-19(23,14-6-2-1-3-7-14)15-8-4-5-9-17(15)21/h1-3,6-7,10,13,15,17,23H,4-5,8-9,11-12H2/t15-,17+,19-/m1/s1. The van der Waals surface area contributed by atoms with Crippen molar-refractivity contribution in [3.05, 3.63) is 53.9 Å². The van der Waals surface area contributed by atoms with Gasteiger partial charge in [0.25, 0.3) is 5.91 Å². The number of amides is 1. The maximum absolute atomic E-state index is 12.8. The SMILES string of the molecule is O=C(c1ccon1)N1CC[C@@](O)(c2ccccc2)[C@@H]2CCCC[C@@H]21. The van der Waals surface area contributed by atoms with E-state index in [2.05, 4.69) is 5.16 Å². The minimum Gasteiger partial charge on any atom is -0.385 e. The lowest BCUT2D eigenvalue weighted by Crippen LogP contribution is -2.59. The first-order chi connectivity index (χ1) is 11.7. The largest absolute Gasteiger partial charge is 0.385 e. The van der Waals surface area contributed by atoms with Crippen LogP contribution in [0, 0.1) is 5.92 Å². The Morgan fingerprint density at radius 1 is 1.21 bits per heavy atom. The highest BCUT2D eigenvalue weighted by molar-refractivity contribution is 5.92. The number of nitrogens with zero attached hydrogens (tertiary/aromatic N) is 2. The summed E-state index contributed by atoms with van der Waals surface area (Å²) in [6, 6.07) is 11.6. The molecule has 1 saturated carbocycles. The van der Waals surface area contributed by atoms with Crippen molar-refractivity contribution in [3.8, 4) is 0 Å². The molecule has 4 rings (SSSR count). The molecule has 2 aliphatic rings. The summed E-state index contributed by atoms with van der Waals surface area (Å²) in [6.45, 7) is 0.540. The summed E-state index contributed by atoms with van der Waals surface area (Å²) < 4.78 is 4.83. The van der Waals surface area contributed by atoms with E-state index in [1.807, 2.05) is 35.2 Å². The van der Waals surface area contributed by atoms with Gasteiger partial charge in [0.1, 0.15) is 6.26 Å². The van der Waals surface area contributed by atoms with Gasteiger partial charge in [-0.2, -0.15) is 0 Å². The molecule has 3 atom stereocenters. The van der Waals surface area contributed by atoms with Crippen LogP contribution in [0.4, 0.5) is 0 Å². The summed E-state index contributed by atoms with van der Waals surface area (Å²) in [6.07, 6.45) is 6.05. The molecule has 1 aliphatic carbocycles. The molecule has 1 aromatic heterocycles. The minimum atomic E-state index is -0.854. The molecule has 1 saturated heterocycles. The number of aliphatic hydroxyl groups is 1. The van der Waals surface area contributed by atoms with Crippen LogP contribution in [-0.4, -0.2) is 33.7 Å². The molecule has 0 radical (unpaired) electrons. The summed E-state index contributed by atoms with van der Waals surface area (Å²) in [5.74, 6) is -0.0194. The van der Waals surface area contributed by atoms with Crippen molar-refractivity contribution in [2.75, 3.05) is 6.54 Å². The van der Waals surface area contributed by atoms with Crippen LogP contribution in [0.2, 0.25) is 0 Å². The van der Waals surface area contributed by atoms with Gasteiger partial charge < -0.3 is 14.5 Å². The van der Waals surface area contributed by atoms with E-state index in [-0.39, 0.29) is 17.9 Å². The number of likely N-dealkylation sites (tertiary alicyclic amines) is 1. The Bertz CT molecular complexity index is 701. The monoisotopic (exact) mass is 326 g/mol. The quantitative estimate of drug-likeness (QED) is 0.921. The van der Waals surface area contributed by atoms with Crippen LogP contribution in [0.25, 0.3) is 0 Å². The lowest BCUT2D eigenvalue weighted by atomic mass is 9.66. The van der Waals surface area contributed by atoms with E-state index < -0.39 is 5.60 Å². The topological polar surface area (TPSA) is 66.6 Å². The first-order valence-electron chi connectivity index (χ1n) is 8.69. The van der Waals surface area contributed by atoms with Crippen molar-refractivity contribution in [2.45, 2.75) is 43.7 Å². The number of piperidine rings is 1. The van der Waals surface area contributed by atoms with E-state index in [1.54, 1.807) is 6.07 Å². The number of hydrogen-bond acceptors (Lipinski definition) is 4. The van der Waals surface area contributed by atoms with Gasteiger partial charge in [-0.15, -0.1) is 0 Å². The lowest BCUT2D eigenvalue weighted by Gasteiger charge is -2.52. The van der Waals surface area contributed by atoms with Crippen LogP contribution in [-0.2, 0) is 5.60 Å². The van der Waals surface area contributed by atoms with Gasteiger partial charge in [0.05, 0.1) is 5.60 Å². The first kappa shape index (κ1) is 15.4. The first-order valence-corrected chi connectivity index (χ1v) is 8.69. The third kappa shape index (κ3) is 2.44. The third-order valence-electron chi connectivity index (χ3n) is 5.67. The summed E-state index contributed by atoms with van der Waals surface area (Å²) >= 11 is 0. The van der Waals surface area contributed by atoms with Crippen LogP contribution < -0.4 is 0 Å². The molecule has 0 bridgehead atoms. The molecule has 1 N–H and O–H groups in total. The van der Waals surface area contributed by atoms with E-state index in [9.17, 15) is 9.90 Å². The fraction of sp³-hybridized carbons (Fsp3) is 0.474. The number of carbonyl (C=O) groups is 1. The molecule has 1 amide bonds. The molecular weight excluding hydrogens is 304 g/mol. The fourth-order valence-corrected chi connectivity index (χ4v) is 4.49. The normalized spacial score (nSPS) is 30.0. The van der Waals surface area contributed by atoms with Crippen LogP contribution in [0.3, 0.4) is 0 Å². The summed E-state index contributed by atoms with van der Waals surface area (Å²) in [5, 5.41) is 15.3. The van der Waals surface area contributed by atoms with E-state index in [0.29, 0.717) is 18.7 Å².